The predicted octanol–water partition coefficient (Wildman–Crippen LogP) is 3.25. The normalized spacial score (nSPS) is 15.1. The Labute approximate surface area is 218 Å². The first-order chi connectivity index (χ1) is 17.8. The molecule has 1 aromatic heterocycles. The Bertz CT molecular complexity index is 1580. The Morgan fingerprint density at radius 3 is 2.62 bits per heavy atom. The van der Waals surface area contributed by atoms with Crippen molar-refractivity contribution in [1.82, 2.24) is 4.57 Å². The molecule has 3 aromatic rings. The second-order valence-electron chi connectivity index (χ2n) is 8.27. The van der Waals surface area contributed by atoms with Gasteiger partial charge in [-0.25, -0.2) is 9.79 Å². The Hall–Kier alpha value is -4.11. The Balaban J connectivity index is 1.98. The molecule has 0 spiro atoms. The number of aromatic hydroxyl groups is 1. The molecule has 9 heteroatoms. The number of benzene rings is 2. The summed E-state index contributed by atoms with van der Waals surface area (Å²) < 4.78 is 18.2. The van der Waals surface area contributed by atoms with E-state index in [4.69, 9.17) is 14.2 Å². The van der Waals surface area contributed by atoms with E-state index in [0.29, 0.717) is 49.6 Å². The summed E-state index contributed by atoms with van der Waals surface area (Å²) in [7, 11) is 3.01. The van der Waals surface area contributed by atoms with E-state index in [2.05, 4.69) is 11.6 Å². The third-order valence-electron chi connectivity index (χ3n) is 6.01. The van der Waals surface area contributed by atoms with E-state index in [1.807, 2.05) is 18.2 Å². The number of hydrogen-bond acceptors (Lipinski definition) is 8. The standard InChI is InChI=1S/C28H28N2O6S/c1-6-10-18-13-17(14-21(35-5)25(18)31)15-22-26(32)30-24(19-11-8-9-12-20(19)34-4)23(27(33)36-7-2)16(3)29-28(30)37-22/h6,8-9,11-15,24,31H,1,7,10H2,2-5H3/b22-15+/t24-/m1/s1. The van der Waals surface area contributed by atoms with Crippen molar-refractivity contribution in [3.05, 3.63) is 96.7 Å². The van der Waals surface area contributed by atoms with Crippen LogP contribution >= 0.6 is 11.3 Å². The Morgan fingerprint density at radius 2 is 1.95 bits per heavy atom. The monoisotopic (exact) mass is 520 g/mol. The molecule has 8 nitrogen and oxygen atoms in total. The number of carbonyl (C=O) groups is 1. The van der Waals surface area contributed by atoms with Crippen LogP contribution in [0.2, 0.25) is 0 Å². The van der Waals surface area contributed by atoms with Crippen LogP contribution in [0.3, 0.4) is 0 Å². The molecule has 0 unspecified atom stereocenters. The van der Waals surface area contributed by atoms with Crippen molar-refractivity contribution in [3.8, 4) is 17.2 Å². The highest BCUT2D eigenvalue weighted by Gasteiger charge is 2.34. The minimum Gasteiger partial charge on any atom is -0.504 e. The smallest absolute Gasteiger partial charge is 0.338 e. The van der Waals surface area contributed by atoms with Gasteiger partial charge in [-0.2, -0.15) is 0 Å². The van der Waals surface area contributed by atoms with Gasteiger partial charge in [0.05, 0.1) is 36.6 Å². The van der Waals surface area contributed by atoms with Gasteiger partial charge in [-0.05, 0) is 50.1 Å². The predicted molar refractivity (Wildman–Crippen MR) is 142 cm³/mol. The average Bonchev–Trinajstić information content (AvgIpc) is 3.19. The lowest BCUT2D eigenvalue weighted by Crippen LogP contribution is -2.40. The first-order valence-electron chi connectivity index (χ1n) is 11.7. The number of allylic oxidation sites excluding steroid dienone is 2. The molecule has 1 N–H and O–H groups in total. The number of phenolic OH excluding ortho intramolecular Hbond substituents is 1. The van der Waals surface area contributed by atoms with E-state index in [1.54, 1.807) is 51.3 Å². The van der Waals surface area contributed by atoms with Crippen molar-refractivity contribution in [3.63, 3.8) is 0 Å². The van der Waals surface area contributed by atoms with E-state index in [-0.39, 0.29) is 23.5 Å². The Kier molecular flexibility index (Phi) is 7.63. The fourth-order valence-electron chi connectivity index (χ4n) is 4.37. The fraction of sp³-hybridized carbons (Fsp3) is 0.250. The molecule has 1 aliphatic rings. The maximum Gasteiger partial charge on any atom is 0.338 e. The number of esters is 1. The van der Waals surface area contributed by atoms with Crippen molar-refractivity contribution in [2.24, 2.45) is 4.99 Å². The Morgan fingerprint density at radius 1 is 1.22 bits per heavy atom. The summed E-state index contributed by atoms with van der Waals surface area (Å²) in [5.41, 5.74) is 2.39. The molecule has 37 heavy (non-hydrogen) atoms. The molecule has 2 aromatic carbocycles. The first kappa shape index (κ1) is 26.0. The van der Waals surface area contributed by atoms with Crippen LogP contribution < -0.4 is 24.4 Å². The summed E-state index contributed by atoms with van der Waals surface area (Å²) in [6.07, 6.45) is 3.83. The lowest BCUT2D eigenvalue weighted by Gasteiger charge is -2.25. The van der Waals surface area contributed by atoms with Crippen LogP contribution in [0.25, 0.3) is 6.08 Å². The summed E-state index contributed by atoms with van der Waals surface area (Å²) in [5.74, 6) is 0.333. The molecule has 0 radical (unpaired) electrons. The van der Waals surface area contributed by atoms with Crippen LogP contribution in [0.15, 0.2) is 70.1 Å². The summed E-state index contributed by atoms with van der Waals surface area (Å²) in [6, 6.07) is 9.93. The number of ether oxygens (including phenoxy) is 3. The van der Waals surface area contributed by atoms with Crippen molar-refractivity contribution in [2.45, 2.75) is 26.3 Å². The molecule has 0 aliphatic carbocycles. The quantitative estimate of drug-likeness (QED) is 0.362. The molecule has 0 fully saturated rings. The van der Waals surface area contributed by atoms with Crippen molar-refractivity contribution in [2.75, 3.05) is 20.8 Å². The van der Waals surface area contributed by atoms with Crippen LogP contribution in [0.1, 0.15) is 36.6 Å². The van der Waals surface area contributed by atoms with Crippen LogP contribution in [-0.4, -0.2) is 36.5 Å². The zero-order chi connectivity index (χ0) is 26.7. The molecule has 0 saturated carbocycles. The van der Waals surface area contributed by atoms with Crippen LogP contribution in [-0.2, 0) is 16.0 Å². The topological polar surface area (TPSA) is 99.4 Å². The first-order valence-corrected chi connectivity index (χ1v) is 12.5. The van der Waals surface area contributed by atoms with Gasteiger partial charge in [0, 0.05) is 11.1 Å². The molecule has 0 saturated heterocycles. The fourth-order valence-corrected chi connectivity index (χ4v) is 5.42. The minimum absolute atomic E-state index is 0.0342. The summed E-state index contributed by atoms with van der Waals surface area (Å²) in [6.45, 7) is 7.39. The van der Waals surface area contributed by atoms with Crippen LogP contribution in [0.4, 0.5) is 0 Å². The molecular formula is C28H28N2O6S. The minimum atomic E-state index is -0.778. The second-order valence-corrected chi connectivity index (χ2v) is 9.28. The number of fused-ring (bicyclic) bond motifs is 1. The average molecular weight is 521 g/mol. The van der Waals surface area contributed by atoms with E-state index in [1.165, 1.54) is 23.0 Å². The number of rotatable bonds is 8. The summed E-state index contributed by atoms with van der Waals surface area (Å²) >= 11 is 1.21. The van der Waals surface area contributed by atoms with E-state index in [0.717, 1.165) is 0 Å². The SMILES string of the molecule is C=CCc1cc(/C=c2/sc3n(c2=O)[C@H](c2ccccc2OC)C(C(=O)OCC)=C(C)N=3)cc(OC)c1O. The van der Waals surface area contributed by atoms with Crippen LogP contribution in [0.5, 0.6) is 17.2 Å². The summed E-state index contributed by atoms with van der Waals surface area (Å²) in [4.78, 5) is 32.0. The number of para-hydroxylation sites is 1. The maximum absolute atomic E-state index is 13.8. The highest BCUT2D eigenvalue weighted by atomic mass is 32.1. The van der Waals surface area contributed by atoms with E-state index in [9.17, 15) is 14.7 Å². The zero-order valence-electron chi connectivity index (χ0n) is 21.1. The molecule has 192 valence electrons. The molecule has 1 aliphatic heterocycles. The van der Waals surface area contributed by atoms with Crippen molar-refractivity contribution < 1.29 is 24.1 Å². The lowest BCUT2D eigenvalue weighted by molar-refractivity contribution is -0.139. The second kappa shape index (κ2) is 10.9. The molecular weight excluding hydrogens is 492 g/mol. The van der Waals surface area contributed by atoms with Gasteiger partial charge in [0.1, 0.15) is 11.8 Å². The van der Waals surface area contributed by atoms with E-state index < -0.39 is 12.0 Å². The largest absolute Gasteiger partial charge is 0.504 e. The molecule has 0 bridgehead atoms. The highest BCUT2D eigenvalue weighted by molar-refractivity contribution is 7.07. The van der Waals surface area contributed by atoms with Crippen molar-refractivity contribution in [1.29, 1.82) is 0 Å². The van der Waals surface area contributed by atoms with Gasteiger partial charge in [0.15, 0.2) is 16.3 Å². The van der Waals surface area contributed by atoms with Gasteiger partial charge in [0.2, 0.25) is 0 Å². The van der Waals surface area contributed by atoms with Crippen molar-refractivity contribution >= 4 is 23.4 Å². The van der Waals surface area contributed by atoms with Gasteiger partial charge >= 0.3 is 5.97 Å². The molecule has 4 rings (SSSR count). The number of hydrogen-bond donors (Lipinski definition) is 1. The molecule has 2 heterocycles. The molecule has 0 amide bonds. The van der Waals surface area contributed by atoms with Gasteiger partial charge in [-0.1, -0.05) is 35.6 Å². The highest BCUT2D eigenvalue weighted by Crippen LogP contribution is 2.36. The van der Waals surface area contributed by atoms with Gasteiger partial charge in [-0.3, -0.25) is 9.36 Å². The third kappa shape index (κ3) is 4.82. The van der Waals surface area contributed by atoms with Crippen LogP contribution in [0, 0.1) is 0 Å². The van der Waals surface area contributed by atoms with E-state index >= 15 is 0 Å². The zero-order valence-corrected chi connectivity index (χ0v) is 21.9. The number of carbonyl (C=O) groups excluding carboxylic acids is 1. The number of nitrogens with zero attached hydrogens (tertiary/aromatic N) is 2. The number of aromatic nitrogens is 1. The third-order valence-corrected chi connectivity index (χ3v) is 6.99. The number of methoxy groups -OCH3 is 2. The maximum atomic E-state index is 13.8. The number of thiazole rings is 1. The number of phenols is 1. The molecule has 1 atom stereocenters. The van der Waals surface area contributed by atoms with Gasteiger partial charge in [-0.15, -0.1) is 6.58 Å². The summed E-state index contributed by atoms with van der Waals surface area (Å²) in [5, 5.41) is 10.4. The van der Waals surface area contributed by atoms with Gasteiger partial charge in [0.25, 0.3) is 5.56 Å². The lowest BCUT2D eigenvalue weighted by atomic mass is 9.95. The van der Waals surface area contributed by atoms with Gasteiger partial charge < -0.3 is 19.3 Å².